The van der Waals surface area contributed by atoms with Gasteiger partial charge in [0.25, 0.3) is 0 Å². The molecule has 4 heterocycles. The van der Waals surface area contributed by atoms with Crippen LogP contribution in [0.25, 0.3) is 0 Å². The molecule has 0 N–H and O–H groups in total. The van der Waals surface area contributed by atoms with Gasteiger partial charge in [-0.25, -0.2) is 4.79 Å². The minimum Gasteiger partial charge on any atom is -0.372 e. The highest BCUT2D eigenvalue weighted by molar-refractivity contribution is 5.91. The average molecular weight is 451 g/mol. The lowest BCUT2D eigenvalue weighted by atomic mass is 9.72. The van der Waals surface area contributed by atoms with Gasteiger partial charge in [0.2, 0.25) is 5.91 Å². The monoisotopic (exact) mass is 450 g/mol. The molecule has 0 saturated carbocycles. The SMILES string of the molecule is CC(=O)N(C)c1cnn(C(=O)N2CCC3(CC2)CN(Cc2ccc(N4CCCC4)cc2)C3)c1. The number of carbonyl (C=O) groups is 2. The Balaban J connectivity index is 1.09. The van der Waals surface area contributed by atoms with E-state index in [9.17, 15) is 9.59 Å². The highest BCUT2D eigenvalue weighted by Crippen LogP contribution is 2.41. The number of likely N-dealkylation sites (tertiary alicyclic amines) is 2. The van der Waals surface area contributed by atoms with Gasteiger partial charge in [0.05, 0.1) is 18.1 Å². The van der Waals surface area contributed by atoms with E-state index < -0.39 is 0 Å². The van der Waals surface area contributed by atoms with Crippen molar-refractivity contribution in [3.05, 3.63) is 42.2 Å². The molecule has 1 aromatic carbocycles. The first-order valence-corrected chi connectivity index (χ1v) is 12.1. The van der Waals surface area contributed by atoms with Crippen LogP contribution in [0.2, 0.25) is 0 Å². The second kappa shape index (κ2) is 8.82. The Morgan fingerprint density at radius 3 is 2.33 bits per heavy atom. The number of anilines is 2. The maximum absolute atomic E-state index is 12.9. The predicted octanol–water partition coefficient (Wildman–Crippen LogP) is 3.03. The lowest BCUT2D eigenvalue weighted by Crippen LogP contribution is -2.60. The van der Waals surface area contributed by atoms with Gasteiger partial charge in [-0.05, 0) is 48.8 Å². The van der Waals surface area contributed by atoms with Crippen LogP contribution in [0.4, 0.5) is 16.2 Å². The van der Waals surface area contributed by atoms with Gasteiger partial charge in [-0.3, -0.25) is 9.69 Å². The number of carbonyl (C=O) groups excluding carboxylic acids is 2. The van der Waals surface area contributed by atoms with Crippen molar-refractivity contribution in [2.45, 2.75) is 39.2 Å². The fraction of sp³-hybridized carbons (Fsp3) is 0.560. The number of hydrogen-bond donors (Lipinski definition) is 0. The van der Waals surface area contributed by atoms with Crippen LogP contribution in [-0.4, -0.2) is 77.8 Å². The van der Waals surface area contributed by atoms with Crippen molar-refractivity contribution in [3.8, 4) is 0 Å². The number of piperidine rings is 1. The van der Waals surface area contributed by atoms with Crippen LogP contribution in [0.1, 0.15) is 38.2 Å². The van der Waals surface area contributed by atoms with Crippen molar-refractivity contribution in [2.24, 2.45) is 5.41 Å². The smallest absolute Gasteiger partial charge is 0.344 e. The molecule has 33 heavy (non-hydrogen) atoms. The number of hydrogen-bond acceptors (Lipinski definition) is 5. The largest absolute Gasteiger partial charge is 0.372 e. The molecule has 0 aliphatic carbocycles. The Kier molecular flexibility index (Phi) is 5.86. The van der Waals surface area contributed by atoms with Gasteiger partial charge in [0.15, 0.2) is 0 Å². The van der Waals surface area contributed by atoms with E-state index in [1.165, 1.54) is 53.7 Å². The first-order chi connectivity index (χ1) is 15.9. The van der Waals surface area contributed by atoms with Crippen molar-refractivity contribution < 1.29 is 9.59 Å². The van der Waals surface area contributed by atoms with Gasteiger partial charge in [0, 0.05) is 65.5 Å². The van der Waals surface area contributed by atoms with Gasteiger partial charge in [-0.2, -0.15) is 9.78 Å². The van der Waals surface area contributed by atoms with Crippen LogP contribution in [0.5, 0.6) is 0 Å². The molecule has 3 aliphatic heterocycles. The van der Waals surface area contributed by atoms with Crippen molar-refractivity contribution in [1.29, 1.82) is 0 Å². The molecule has 8 heteroatoms. The van der Waals surface area contributed by atoms with E-state index in [-0.39, 0.29) is 11.9 Å². The van der Waals surface area contributed by atoms with Crippen LogP contribution in [0, 0.1) is 5.41 Å². The van der Waals surface area contributed by atoms with E-state index >= 15 is 0 Å². The average Bonchev–Trinajstić information content (AvgIpc) is 3.51. The molecule has 3 fully saturated rings. The summed E-state index contributed by atoms with van der Waals surface area (Å²) in [4.78, 5) is 32.8. The first-order valence-electron chi connectivity index (χ1n) is 12.1. The molecular formula is C25H34N6O2. The number of aromatic nitrogens is 2. The highest BCUT2D eigenvalue weighted by atomic mass is 16.2. The summed E-state index contributed by atoms with van der Waals surface area (Å²) in [5.41, 5.74) is 3.71. The van der Waals surface area contributed by atoms with Gasteiger partial charge >= 0.3 is 6.03 Å². The van der Waals surface area contributed by atoms with Crippen LogP contribution < -0.4 is 9.80 Å². The fourth-order valence-electron chi connectivity index (χ4n) is 5.47. The van der Waals surface area contributed by atoms with Crippen molar-refractivity contribution in [1.82, 2.24) is 19.6 Å². The van der Waals surface area contributed by atoms with E-state index in [2.05, 4.69) is 39.2 Å². The fourth-order valence-corrected chi connectivity index (χ4v) is 5.47. The van der Waals surface area contributed by atoms with Gasteiger partial charge in [-0.1, -0.05) is 12.1 Å². The topological polar surface area (TPSA) is 64.9 Å². The normalized spacial score (nSPS) is 20.2. The third-order valence-corrected chi connectivity index (χ3v) is 7.65. The molecule has 2 aromatic rings. The van der Waals surface area contributed by atoms with Crippen molar-refractivity contribution in [3.63, 3.8) is 0 Å². The van der Waals surface area contributed by atoms with Crippen molar-refractivity contribution in [2.75, 3.05) is 56.1 Å². The van der Waals surface area contributed by atoms with E-state index in [1.54, 1.807) is 19.4 Å². The van der Waals surface area contributed by atoms with Gasteiger partial charge in [0.1, 0.15) is 0 Å². The first kappa shape index (κ1) is 21.9. The second-order valence-electron chi connectivity index (χ2n) is 10.00. The van der Waals surface area contributed by atoms with Gasteiger partial charge in [-0.15, -0.1) is 0 Å². The van der Waals surface area contributed by atoms with Crippen LogP contribution in [0.15, 0.2) is 36.7 Å². The summed E-state index contributed by atoms with van der Waals surface area (Å²) in [6.45, 7) is 8.61. The number of rotatable bonds is 4. The molecule has 0 bridgehead atoms. The standard InChI is InChI=1S/C25H34N6O2/c1-20(32)27(2)23-15-26-31(17-23)24(33)30-13-9-25(10-14-30)18-28(19-25)16-21-5-7-22(8-6-21)29-11-3-4-12-29/h5-8,15,17H,3-4,9-14,16,18-19H2,1-2H3. The minimum atomic E-state index is -0.109. The summed E-state index contributed by atoms with van der Waals surface area (Å²) in [5, 5.41) is 4.18. The third-order valence-electron chi connectivity index (χ3n) is 7.65. The van der Waals surface area contributed by atoms with E-state index in [1.807, 2.05) is 4.90 Å². The summed E-state index contributed by atoms with van der Waals surface area (Å²) in [7, 11) is 1.68. The highest BCUT2D eigenvalue weighted by Gasteiger charge is 2.45. The Morgan fingerprint density at radius 1 is 1.03 bits per heavy atom. The molecule has 176 valence electrons. The number of amides is 2. The minimum absolute atomic E-state index is 0.0843. The molecule has 1 spiro atoms. The molecule has 0 radical (unpaired) electrons. The summed E-state index contributed by atoms with van der Waals surface area (Å²) in [6, 6.07) is 9.00. The Hall–Kier alpha value is -2.87. The Bertz CT molecular complexity index is 994. The lowest BCUT2D eigenvalue weighted by molar-refractivity contribution is -0.116. The zero-order valence-corrected chi connectivity index (χ0v) is 19.7. The van der Waals surface area contributed by atoms with Crippen LogP contribution >= 0.6 is 0 Å². The van der Waals surface area contributed by atoms with Crippen molar-refractivity contribution >= 4 is 23.3 Å². The number of benzene rings is 1. The van der Waals surface area contributed by atoms with E-state index in [0.717, 1.165) is 45.6 Å². The third kappa shape index (κ3) is 4.49. The predicted molar refractivity (Wildman–Crippen MR) is 129 cm³/mol. The quantitative estimate of drug-likeness (QED) is 0.717. The lowest BCUT2D eigenvalue weighted by Gasteiger charge is -2.54. The van der Waals surface area contributed by atoms with E-state index in [4.69, 9.17) is 0 Å². The van der Waals surface area contributed by atoms with Crippen LogP contribution in [-0.2, 0) is 11.3 Å². The summed E-state index contributed by atoms with van der Waals surface area (Å²) >= 11 is 0. The maximum Gasteiger partial charge on any atom is 0.344 e. The molecule has 2 amide bonds. The summed E-state index contributed by atoms with van der Waals surface area (Å²) < 4.78 is 1.35. The van der Waals surface area contributed by atoms with Gasteiger partial charge < -0.3 is 14.7 Å². The number of nitrogens with zero attached hydrogens (tertiary/aromatic N) is 6. The second-order valence-corrected chi connectivity index (χ2v) is 10.00. The van der Waals surface area contributed by atoms with Crippen LogP contribution in [0.3, 0.4) is 0 Å². The molecule has 3 aliphatic rings. The summed E-state index contributed by atoms with van der Waals surface area (Å²) in [6.07, 6.45) is 7.87. The zero-order chi connectivity index (χ0) is 23.0. The molecule has 3 saturated heterocycles. The summed E-state index contributed by atoms with van der Waals surface area (Å²) in [5.74, 6) is -0.0843. The molecule has 8 nitrogen and oxygen atoms in total. The molecule has 5 rings (SSSR count). The Labute approximate surface area is 195 Å². The molecule has 0 unspecified atom stereocenters. The molecule has 1 aromatic heterocycles. The maximum atomic E-state index is 12.9. The zero-order valence-electron chi connectivity index (χ0n) is 19.7. The molecule has 0 atom stereocenters. The Morgan fingerprint density at radius 2 is 1.70 bits per heavy atom. The van der Waals surface area contributed by atoms with E-state index in [0.29, 0.717) is 11.1 Å². The molecular weight excluding hydrogens is 416 g/mol.